The monoisotopic (exact) mass is 291 g/mol. The van der Waals surface area contributed by atoms with E-state index in [9.17, 15) is 5.11 Å². The predicted octanol–water partition coefficient (Wildman–Crippen LogP) is 3.34. The fourth-order valence-electron chi connectivity index (χ4n) is 1.80. The molecule has 0 bridgehead atoms. The van der Waals surface area contributed by atoms with Crippen LogP contribution in [-0.2, 0) is 0 Å². The van der Waals surface area contributed by atoms with E-state index in [4.69, 9.17) is 11.6 Å². The summed E-state index contributed by atoms with van der Waals surface area (Å²) in [6, 6.07) is 7.45. The molecule has 1 N–H and O–H groups in total. The summed E-state index contributed by atoms with van der Waals surface area (Å²) in [7, 11) is 0. The molecular weight excluding hydrogens is 274 g/mol. The number of hydrogen-bond donors (Lipinski definition) is 1. The second-order valence-electron chi connectivity index (χ2n) is 5.76. The van der Waals surface area contributed by atoms with Gasteiger partial charge >= 0.3 is 0 Å². The van der Waals surface area contributed by atoms with Crippen LogP contribution in [0, 0.1) is 5.41 Å². The molecule has 0 aliphatic carbocycles. The number of aliphatic hydroxyl groups is 1. The molecule has 0 spiro atoms. The van der Waals surface area contributed by atoms with E-state index in [0.717, 1.165) is 11.3 Å². The summed E-state index contributed by atoms with van der Waals surface area (Å²) in [5, 5.41) is 18.9. The Labute approximate surface area is 123 Å². The summed E-state index contributed by atoms with van der Waals surface area (Å²) in [5.41, 5.74) is 1.40. The molecule has 106 valence electrons. The van der Waals surface area contributed by atoms with Crippen LogP contribution in [0.1, 0.15) is 26.3 Å². The van der Waals surface area contributed by atoms with Crippen LogP contribution in [0.2, 0.25) is 5.02 Å². The van der Waals surface area contributed by atoms with Crippen LogP contribution in [-0.4, -0.2) is 26.0 Å². The highest BCUT2D eigenvalue weighted by atomic mass is 35.5. The van der Waals surface area contributed by atoms with Crippen molar-refractivity contribution in [3.8, 4) is 0 Å². The number of rotatable bonds is 3. The van der Waals surface area contributed by atoms with Gasteiger partial charge < -0.3 is 5.11 Å². The van der Waals surface area contributed by atoms with Crippen LogP contribution in [0.25, 0.3) is 11.8 Å². The number of hydrogen-bond acceptors (Lipinski definition) is 3. The lowest BCUT2D eigenvalue weighted by Gasteiger charge is -2.28. The number of aliphatic hydroxyl groups excluding tert-OH is 1. The minimum atomic E-state index is -0.644. The third-order valence-corrected chi connectivity index (χ3v) is 3.25. The van der Waals surface area contributed by atoms with Gasteiger partial charge in [-0.25, -0.2) is 0 Å². The van der Waals surface area contributed by atoms with Crippen LogP contribution in [0.5, 0.6) is 0 Å². The molecular formula is C15H18ClN3O. The van der Waals surface area contributed by atoms with Gasteiger partial charge in [-0.2, -0.15) is 0 Å². The average molecular weight is 292 g/mol. The first kappa shape index (κ1) is 14.8. The van der Waals surface area contributed by atoms with Gasteiger partial charge in [0.05, 0.1) is 11.8 Å². The first-order chi connectivity index (χ1) is 9.38. The minimum absolute atomic E-state index is 0.289. The lowest BCUT2D eigenvalue weighted by molar-refractivity contribution is 0.110. The first-order valence-electron chi connectivity index (χ1n) is 6.38. The van der Waals surface area contributed by atoms with Crippen molar-refractivity contribution in [3.05, 3.63) is 47.5 Å². The summed E-state index contributed by atoms with van der Waals surface area (Å²) < 4.78 is 1.73. The molecule has 20 heavy (non-hydrogen) atoms. The fourth-order valence-corrected chi connectivity index (χ4v) is 1.93. The molecule has 1 aromatic carbocycles. The molecule has 0 aliphatic heterocycles. The molecule has 4 nitrogen and oxygen atoms in total. The molecule has 0 amide bonds. The van der Waals surface area contributed by atoms with Gasteiger partial charge in [0.25, 0.3) is 0 Å². The van der Waals surface area contributed by atoms with Crippen molar-refractivity contribution in [1.29, 1.82) is 0 Å². The zero-order valence-corrected chi connectivity index (χ0v) is 12.5. The zero-order valence-electron chi connectivity index (χ0n) is 11.8. The van der Waals surface area contributed by atoms with Crippen LogP contribution in [0.4, 0.5) is 0 Å². The van der Waals surface area contributed by atoms with E-state index >= 15 is 0 Å². The maximum absolute atomic E-state index is 10.6. The summed E-state index contributed by atoms with van der Waals surface area (Å²) in [5.74, 6) is 0. The Morgan fingerprint density at radius 1 is 1.20 bits per heavy atom. The third-order valence-electron chi connectivity index (χ3n) is 3.00. The molecule has 1 atom stereocenters. The van der Waals surface area contributed by atoms with Gasteiger partial charge in [-0.3, -0.25) is 4.57 Å². The van der Waals surface area contributed by atoms with Crippen molar-refractivity contribution in [2.75, 3.05) is 0 Å². The van der Waals surface area contributed by atoms with Gasteiger partial charge in [-0.1, -0.05) is 44.5 Å². The van der Waals surface area contributed by atoms with Crippen molar-refractivity contribution in [2.45, 2.75) is 26.9 Å². The second kappa shape index (κ2) is 5.77. The molecule has 2 rings (SSSR count). The zero-order chi connectivity index (χ0) is 14.8. The molecule has 0 saturated carbocycles. The van der Waals surface area contributed by atoms with E-state index in [1.165, 1.54) is 0 Å². The highest BCUT2D eigenvalue weighted by molar-refractivity contribution is 6.30. The molecule has 2 aromatic rings. The van der Waals surface area contributed by atoms with Gasteiger partial charge in [0.15, 0.2) is 0 Å². The average Bonchev–Trinajstić information content (AvgIpc) is 2.90. The van der Waals surface area contributed by atoms with Crippen molar-refractivity contribution >= 4 is 23.4 Å². The normalized spacial score (nSPS) is 14.3. The standard InChI is InChI=1S/C15H18ClN3O/c1-15(2,3)14(20)13(19-9-17-18-10-19)8-11-4-6-12(16)7-5-11/h4-10,14,20H,1-3H3/b13-8+/t14-/m1/s1. The van der Waals surface area contributed by atoms with Crippen molar-refractivity contribution in [1.82, 2.24) is 14.8 Å². The maximum Gasteiger partial charge on any atom is 0.123 e. The topological polar surface area (TPSA) is 50.9 Å². The summed E-state index contributed by atoms with van der Waals surface area (Å²) in [6.07, 6.45) is 4.43. The number of nitrogens with zero attached hydrogens (tertiary/aromatic N) is 3. The van der Waals surface area contributed by atoms with E-state index in [0.29, 0.717) is 5.02 Å². The van der Waals surface area contributed by atoms with Crippen LogP contribution < -0.4 is 0 Å². The van der Waals surface area contributed by atoms with E-state index in [2.05, 4.69) is 10.2 Å². The predicted molar refractivity (Wildman–Crippen MR) is 81.1 cm³/mol. The Bertz CT molecular complexity index is 583. The Hall–Kier alpha value is -1.65. The van der Waals surface area contributed by atoms with E-state index < -0.39 is 6.10 Å². The molecule has 0 aliphatic rings. The smallest absolute Gasteiger partial charge is 0.123 e. The quantitative estimate of drug-likeness (QED) is 0.943. The summed E-state index contributed by atoms with van der Waals surface area (Å²) in [6.45, 7) is 5.95. The van der Waals surface area contributed by atoms with Gasteiger partial charge in [-0.05, 0) is 29.2 Å². The molecule has 0 saturated heterocycles. The Balaban J connectivity index is 2.44. The molecule has 0 unspecified atom stereocenters. The fraction of sp³-hybridized carbons (Fsp3) is 0.333. The Morgan fingerprint density at radius 3 is 2.25 bits per heavy atom. The molecule has 1 heterocycles. The number of benzene rings is 1. The van der Waals surface area contributed by atoms with E-state index in [1.807, 2.05) is 51.1 Å². The molecule has 0 radical (unpaired) electrons. The molecule has 5 heteroatoms. The van der Waals surface area contributed by atoms with Gasteiger partial charge in [0.2, 0.25) is 0 Å². The summed E-state index contributed by atoms with van der Waals surface area (Å²) in [4.78, 5) is 0. The highest BCUT2D eigenvalue weighted by Gasteiger charge is 2.27. The largest absolute Gasteiger partial charge is 0.386 e. The SMILES string of the molecule is CC(C)(C)[C@H](O)/C(=C\c1ccc(Cl)cc1)n1cnnc1. The Morgan fingerprint density at radius 2 is 1.75 bits per heavy atom. The maximum atomic E-state index is 10.6. The van der Waals surface area contributed by atoms with E-state index in [1.54, 1.807) is 17.2 Å². The first-order valence-corrected chi connectivity index (χ1v) is 6.76. The molecule has 0 fully saturated rings. The Kier molecular flexibility index (Phi) is 4.26. The highest BCUT2D eigenvalue weighted by Crippen LogP contribution is 2.29. The van der Waals surface area contributed by atoms with E-state index in [-0.39, 0.29) is 5.41 Å². The van der Waals surface area contributed by atoms with Crippen molar-refractivity contribution in [2.24, 2.45) is 5.41 Å². The van der Waals surface area contributed by atoms with Crippen LogP contribution in [0.3, 0.4) is 0 Å². The lowest BCUT2D eigenvalue weighted by Crippen LogP contribution is -2.29. The van der Waals surface area contributed by atoms with Gasteiger partial charge in [-0.15, -0.1) is 10.2 Å². The van der Waals surface area contributed by atoms with Gasteiger partial charge in [0, 0.05) is 5.02 Å². The van der Waals surface area contributed by atoms with Crippen LogP contribution in [0.15, 0.2) is 36.9 Å². The third kappa shape index (κ3) is 3.46. The number of aromatic nitrogens is 3. The van der Waals surface area contributed by atoms with Crippen molar-refractivity contribution < 1.29 is 5.11 Å². The second-order valence-corrected chi connectivity index (χ2v) is 6.19. The lowest BCUT2D eigenvalue weighted by atomic mass is 9.86. The van der Waals surface area contributed by atoms with Gasteiger partial charge in [0.1, 0.15) is 12.7 Å². The summed E-state index contributed by atoms with van der Waals surface area (Å²) >= 11 is 5.89. The minimum Gasteiger partial charge on any atom is -0.386 e. The molecule has 1 aromatic heterocycles. The van der Waals surface area contributed by atoms with Crippen molar-refractivity contribution in [3.63, 3.8) is 0 Å². The van der Waals surface area contributed by atoms with Crippen LogP contribution >= 0.6 is 11.6 Å². The number of halogens is 1.